The van der Waals surface area contributed by atoms with Gasteiger partial charge < -0.3 is 14.8 Å². The minimum absolute atomic E-state index is 0.311. The van der Waals surface area contributed by atoms with Crippen molar-refractivity contribution < 1.29 is 9.47 Å². The molecular formula is C14H24N4O2. The molecule has 1 fully saturated rings. The predicted octanol–water partition coefficient (Wildman–Crippen LogP) is 1.23. The number of aryl methyl sites for hydroxylation is 1. The predicted molar refractivity (Wildman–Crippen MR) is 78.4 cm³/mol. The average molecular weight is 280 g/mol. The van der Waals surface area contributed by atoms with E-state index in [0.717, 1.165) is 44.2 Å². The third-order valence-corrected chi connectivity index (χ3v) is 3.43. The van der Waals surface area contributed by atoms with Crippen LogP contribution in [0, 0.1) is 13.8 Å². The second kappa shape index (κ2) is 6.85. The first kappa shape index (κ1) is 15.0. The lowest BCUT2D eigenvalue weighted by Crippen LogP contribution is -2.42. The van der Waals surface area contributed by atoms with Crippen molar-refractivity contribution in [2.24, 2.45) is 0 Å². The summed E-state index contributed by atoms with van der Waals surface area (Å²) >= 11 is 0. The molecule has 0 aliphatic carbocycles. The first-order valence-corrected chi connectivity index (χ1v) is 7.06. The van der Waals surface area contributed by atoms with Crippen molar-refractivity contribution in [3.8, 4) is 5.88 Å². The zero-order valence-corrected chi connectivity index (χ0v) is 12.8. The van der Waals surface area contributed by atoms with Crippen LogP contribution in [-0.4, -0.2) is 60.9 Å². The lowest BCUT2D eigenvalue weighted by molar-refractivity contribution is 0.0368. The van der Waals surface area contributed by atoms with E-state index in [2.05, 4.69) is 27.1 Å². The maximum atomic E-state index is 5.37. The largest absolute Gasteiger partial charge is 0.481 e. The number of hydrogen-bond donors (Lipinski definition) is 1. The average Bonchev–Trinajstić information content (AvgIpc) is 2.43. The smallest absolute Gasteiger partial charge is 0.221 e. The zero-order valence-electron chi connectivity index (χ0n) is 12.8. The normalized spacial score (nSPS) is 17.8. The first-order chi connectivity index (χ1) is 9.60. The van der Waals surface area contributed by atoms with Crippen LogP contribution in [0.25, 0.3) is 0 Å². The van der Waals surface area contributed by atoms with Crippen LogP contribution in [0.5, 0.6) is 5.88 Å². The Morgan fingerprint density at radius 3 is 2.65 bits per heavy atom. The van der Waals surface area contributed by atoms with Crippen LogP contribution in [0.2, 0.25) is 0 Å². The lowest BCUT2D eigenvalue weighted by Gasteiger charge is -2.29. The second-order valence-corrected chi connectivity index (χ2v) is 5.21. The van der Waals surface area contributed by atoms with Crippen molar-refractivity contribution in [3.05, 3.63) is 11.4 Å². The van der Waals surface area contributed by atoms with Gasteiger partial charge in [-0.2, -0.15) is 4.98 Å². The van der Waals surface area contributed by atoms with Crippen molar-refractivity contribution in [1.29, 1.82) is 0 Å². The van der Waals surface area contributed by atoms with Gasteiger partial charge in [-0.05, 0) is 20.8 Å². The third-order valence-electron chi connectivity index (χ3n) is 3.43. The molecule has 0 radical (unpaired) electrons. The van der Waals surface area contributed by atoms with Crippen LogP contribution < -0.4 is 10.1 Å². The Labute approximate surface area is 120 Å². The minimum atomic E-state index is 0.311. The van der Waals surface area contributed by atoms with E-state index in [1.165, 1.54) is 0 Å². The number of morpholine rings is 1. The number of ether oxygens (including phenoxy) is 2. The molecule has 1 aliphatic heterocycles. The van der Waals surface area contributed by atoms with Gasteiger partial charge >= 0.3 is 0 Å². The van der Waals surface area contributed by atoms with Crippen LogP contribution >= 0.6 is 0 Å². The molecule has 0 spiro atoms. The van der Waals surface area contributed by atoms with E-state index >= 15 is 0 Å². The van der Waals surface area contributed by atoms with Crippen LogP contribution in [-0.2, 0) is 4.74 Å². The molecule has 0 unspecified atom stereocenters. The molecule has 1 aromatic heterocycles. The monoisotopic (exact) mass is 280 g/mol. The number of aromatic nitrogens is 2. The summed E-state index contributed by atoms with van der Waals surface area (Å²) in [5, 5.41) is 3.46. The highest BCUT2D eigenvalue weighted by Crippen LogP contribution is 2.22. The summed E-state index contributed by atoms with van der Waals surface area (Å²) in [6.07, 6.45) is 0. The molecule has 0 saturated carbocycles. The highest BCUT2D eigenvalue weighted by Gasteiger charge is 2.16. The second-order valence-electron chi connectivity index (χ2n) is 5.21. The summed E-state index contributed by atoms with van der Waals surface area (Å²) in [5.74, 6) is 2.21. The van der Waals surface area contributed by atoms with Crippen molar-refractivity contribution in [3.63, 3.8) is 0 Å². The molecule has 1 aliphatic rings. The van der Waals surface area contributed by atoms with Gasteiger partial charge in [0.05, 0.1) is 25.9 Å². The molecule has 2 rings (SSSR count). The molecular weight excluding hydrogens is 256 g/mol. The van der Waals surface area contributed by atoms with Crippen LogP contribution in [0.3, 0.4) is 0 Å². The van der Waals surface area contributed by atoms with Gasteiger partial charge in [-0.25, -0.2) is 4.98 Å². The molecule has 1 atom stereocenters. The molecule has 112 valence electrons. The van der Waals surface area contributed by atoms with Crippen LogP contribution in [0.1, 0.15) is 18.3 Å². The fourth-order valence-electron chi connectivity index (χ4n) is 2.39. The Hall–Kier alpha value is -1.40. The quantitative estimate of drug-likeness (QED) is 0.875. The topological polar surface area (TPSA) is 59.5 Å². The molecule has 1 N–H and O–H groups in total. The molecule has 1 aromatic rings. The van der Waals surface area contributed by atoms with E-state index in [1.807, 2.05) is 13.8 Å². The van der Waals surface area contributed by atoms with Crippen molar-refractivity contribution in [1.82, 2.24) is 14.9 Å². The molecule has 0 bridgehead atoms. The van der Waals surface area contributed by atoms with E-state index in [4.69, 9.17) is 9.47 Å². The van der Waals surface area contributed by atoms with Crippen molar-refractivity contribution in [2.75, 3.05) is 45.3 Å². The Balaban J connectivity index is 1.99. The molecule has 1 saturated heterocycles. The summed E-state index contributed by atoms with van der Waals surface area (Å²) in [4.78, 5) is 11.1. The number of nitrogens with zero attached hydrogens (tertiary/aromatic N) is 3. The number of nitrogens with one attached hydrogen (secondary N) is 1. The van der Waals surface area contributed by atoms with E-state index in [-0.39, 0.29) is 0 Å². The van der Waals surface area contributed by atoms with E-state index < -0.39 is 0 Å². The zero-order chi connectivity index (χ0) is 14.5. The molecule has 6 nitrogen and oxygen atoms in total. The van der Waals surface area contributed by atoms with Gasteiger partial charge in [0, 0.05) is 25.7 Å². The van der Waals surface area contributed by atoms with E-state index in [1.54, 1.807) is 7.11 Å². The van der Waals surface area contributed by atoms with Crippen molar-refractivity contribution >= 4 is 5.82 Å². The van der Waals surface area contributed by atoms with Crippen LogP contribution in [0.4, 0.5) is 5.82 Å². The lowest BCUT2D eigenvalue weighted by atomic mass is 10.2. The molecule has 0 amide bonds. The van der Waals surface area contributed by atoms with Gasteiger partial charge in [0.2, 0.25) is 5.88 Å². The third kappa shape index (κ3) is 3.80. The summed E-state index contributed by atoms with van der Waals surface area (Å²) in [6, 6.07) is 0.311. The van der Waals surface area contributed by atoms with Gasteiger partial charge in [-0.1, -0.05) is 0 Å². The maximum Gasteiger partial charge on any atom is 0.221 e. The summed E-state index contributed by atoms with van der Waals surface area (Å²) in [7, 11) is 1.63. The Morgan fingerprint density at radius 1 is 1.30 bits per heavy atom. The highest BCUT2D eigenvalue weighted by atomic mass is 16.5. The fourth-order valence-corrected chi connectivity index (χ4v) is 2.39. The Kier molecular flexibility index (Phi) is 5.14. The summed E-state index contributed by atoms with van der Waals surface area (Å²) < 4.78 is 10.6. The minimum Gasteiger partial charge on any atom is -0.481 e. The van der Waals surface area contributed by atoms with Gasteiger partial charge in [0.1, 0.15) is 11.6 Å². The molecule has 2 heterocycles. The maximum absolute atomic E-state index is 5.37. The Morgan fingerprint density at radius 2 is 2.00 bits per heavy atom. The highest BCUT2D eigenvalue weighted by molar-refractivity contribution is 5.49. The first-order valence-electron chi connectivity index (χ1n) is 7.06. The Bertz CT molecular complexity index is 447. The van der Waals surface area contributed by atoms with Gasteiger partial charge in [-0.3, -0.25) is 4.90 Å². The van der Waals surface area contributed by atoms with Gasteiger partial charge in [0.25, 0.3) is 0 Å². The van der Waals surface area contributed by atoms with E-state index in [9.17, 15) is 0 Å². The summed E-state index contributed by atoms with van der Waals surface area (Å²) in [6.45, 7) is 10.6. The fraction of sp³-hybridized carbons (Fsp3) is 0.714. The number of methoxy groups -OCH3 is 1. The molecule has 6 heteroatoms. The molecule has 0 aromatic carbocycles. The standard InChI is InChI=1S/C14H24N4O2/c1-10(9-18-5-7-20-8-6-18)15-13-11(2)14(19-4)17-12(3)16-13/h10H,5-9H2,1-4H3,(H,15,16,17)/t10-/m1/s1. The number of rotatable bonds is 5. The SMILES string of the molecule is COc1nc(C)nc(N[C@H](C)CN2CCOCC2)c1C. The number of anilines is 1. The van der Waals surface area contributed by atoms with Crippen LogP contribution in [0.15, 0.2) is 0 Å². The van der Waals surface area contributed by atoms with E-state index in [0.29, 0.717) is 17.7 Å². The number of hydrogen-bond acceptors (Lipinski definition) is 6. The molecule has 20 heavy (non-hydrogen) atoms. The van der Waals surface area contributed by atoms with Crippen molar-refractivity contribution in [2.45, 2.75) is 26.8 Å². The van der Waals surface area contributed by atoms with Gasteiger partial charge in [0.15, 0.2) is 0 Å². The van der Waals surface area contributed by atoms with Gasteiger partial charge in [-0.15, -0.1) is 0 Å². The summed E-state index contributed by atoms with van der Waals surface area (Å²) in [5.41, 5.74) is 0.951.